The number of carbonyl (C=O) groups is 1. The molecule has 21 heavy (non-hydrogen) atoms. The summed E-state index contributed by atoms with van der Waals surface area (Å²) in [5, 5.41) is 11.9. The van der Waals surface area contributed by atoms with Gasteiger partial charge in [0.05, 0.1) is 11.6 Å². The molecule has 0 unspecified atom stereocenters. The van der Waals surface area contributed by atoms with Crippen LogP contribution in [0.4, 0.5) is 5.69 Å². The Morgan fingerprint density at radius 3 is 2.71 bits per heavy atom. The van der Waals surface area contributed by atoms with Gasteiger partial charge in [-0.05, 0) is 49.4 Å². The molecule has 4 nitrogen and oxygen atoms in total. The number of nitriles is 1. The summed E-state index contributed by atoms with van der Waals surface area (Å²) >= 11 is 0. The van der Waals surface area contributed by atoms with E-state index in [1.807, 2.05) is 13.0 Å². The summed E-state index contributed by atoms with van der Waals surface area (Å²) in [6.45, 7) is 2.49. The van der Waals surface area contributed by atoms with Crippen LogP contribution in [0.2, 0.25) is 0 Å². The minimum absolute atomic E-state index is 0.000500. The summed E-state index contributed by atoms with van der Waals surface area (Å²) in [4.78, 5) is 12.3. The van der Waals surface area contributed by atoms with Crippen molar-refractivity contribution in [3.63, 3.8) is 0 Å². The van der Waals surface area contributed by atoms with Gasteiger partial charge in [-0.15, -0.1) is 0 Å². The van der Waals surface area contributed by atoms with Crippen molar-refractivity contribution >= 4 is 11.6 Å². The summed E-state index contributed by atoms with van der Waals surface area (Å²) in [5.74, 6) is 0.000500. The lowest BCUT2D eigenvalue weighted by atomic mass is 9.71. The Bertz CT molecular complexity index is 554. The number of nitrogens with two attached hydrogens (primary N) is 1. The van der Waals surface area contributed by atoms with E-state index < -0.39 is 0 Å². The van der Waals surface area contributed by atoms with Crippen LogP contribution in [0.3, 0.4) is 0 Å². The lowest BCUT2D eigenvalue weighted by Gasteiger charge is -2.35. The summed E-state index contributed by atoms with van der Waals surface area (Å²) in [6, 6.07) is 7.43. The molecule has 0 radical (unpaired) electrons. The molecule has 1 amide bonds. The quantitative estimate of drug-likeness (QED) is 0.892. The lowest BCUT2D eigenvalue weighted by Crippen LogP contribution is -2.36. The third kappa shape index (κ3) is 3.83. The fourth-order valence-electron chi connectivity index (χ4n) is 3.12. The average molecular weight is 285 g/mol. The van der Waals surface area contributed by atoms with E-state index in [4.69, 9.17) is 11.0 Å². The number of nitrogens with one attached hydrogen (secondary N) is 1. The smallest absolute Gasteiger partial charge is 0.224 e. The van der Waals surface area contributed by atoms with Crippen LogP contribution in [0.15, 0.2) is 18.2 Å². The maximum Gasteiger partial charge on any atom is 0.224 e. The van der Waals surface area contributed by atoms with Crippen LogP contribution >= 0.6 is 0 Å². The van der Waals surface area contributed by atoms with E-state index in [0.717, 1.165) is 36.9 Å². The molecule has 1 aromatic carbocycles. The first-order valence-electron chi connectivity index (χ1n) is 7.59. The van der Waals surface area contributed by atoms with E-state index in [1.54, 1.807) is 12.1 Å². The molecule has 1 aliphatic rings. The number of hydrogen-bond acceptors (Lipinski definition) is 3. The first kappa shape index (κ1) is 15.5. The van der Waals surface area contributed by atoms with E-state index in [-0.39, 0.29) is 11.3 Å². The van der Waals surface area contributed by atoms with Gasteiger partial charge in [0, 0.05) is 12.1 Å². The molecular formula is C17H23N3O. The first-order valence-corrected chi connectivity index (χ1v) is 7.59. The van der Waals surface area contributed by atoms with Gasteiger partial charge in [-0.1, -0.05) is 25.3 Å². The van der Waals surface area contributed by atoms with Crippen LogP contribution in [0.5, 0.6) is 0 Å². The average Bonchev–Trinajstić information content (AvgIpc) is 2.50. The van der Waals surface area contributed by atoms with Gasteiger partial charge in [0.25, 0.3) is 0 Å². The van der Waals surface area contributed by atoms with E-state index in [2.05, 4.69) is 11.4 Å². The van der Waals surface area contributed by atoms with Crippen molar-refractivity contribution in [2.45, 2.75) is 45.4 Å². The van der Waals surface area contributed by atoms with Crippen molar-refractivity contribution in [3.05, 3.63) is 29.3 Å². The highest BCUT2D eigenvalue weighted by Crippen LogP contribution is 2.38. The van der Waals surface area contributed by atoms with Gasteiger partial charge < -0.3 is 11.1 Å². The molecule has 0 spiro atoms. The Kier molecular flexibility index (Phi) is 4.98. The summed E-state index contributed by atoms with van der Waals surface area (Å²) < 4.78 is 0. The Balaban J connectivity index is 2.06. The molecule has 0 atom stereocenters. The predicted molar refractivity (Wildman–Crippen MR) is 83.7 cm³/mol. The standard InChI is InChI=1S/C17H23N3O/c1-13-5-6-14(11-18)9-15(13)20-16(21)10-17(12-19)7-3-2-4-8-17/h5-6,9H,2-4,7-8,10,12,19H2,1H3,(H,20,21). The van der Waals surface area contributed by atoms with E-state index in [0.29, 0.717) is 18.5 Å². The summed E-state index contributed by atoms with van der Waals surface area (Å²) in [5.41, 5.74) is 8.14. The van der Waals surface area contributed by atoms with Crippen LogP contribution in [-0.2, 0) is 4.79 Å². The van der Waals surface area contributed by atoms with Gasteiger partial charge in [-0.2, -0.15) is 5.26 Å². The second-order valence-electron chi connectivity index (χ2n) is 6.13. The Morgan fingerprint density at radius 1 is 1.38 bits per heavy atom. The van der Waals surface area contributed by atoms with Gasteiger partial charge in [0.15, 0.2) is 0 Å². The van der Waals surface area contributed by atoms with Crippen molar-refractivity contribution in [3.8, 4) is 6.07 Å². The van der Waals surface area contributed by atoms with Crippen LogP contribution < -0.4 is 11.1 Å². The highest BCUT2D eigenvalue weighted by molar-refractivity contribution is 5.92. The van der Waals surface area contributed by atoms with Crippen LogP contribution in [-0.4, -0.2) is 12.5 Å². The molecule has 112 valence electrons. The second-order valence-corrected chi connectivity index (χ2v) is 6.13. The zero-order valence-electron chi connectivity index (χ0n) is 12.6. The lowest BCUT2D eigenvalue weighted by molar-refractivity contribution is -0.118. The molecular weight excluding hydrogens is 262 g/mol. The number of hydrogen-bond donors (Lipinski definition) is 2. The monoisotopic (exact) mass is 285 g/mol. The molecule has 1 fully saturated rings. The van der Waals surface area contributed by atoms with Crippen molar-refractivity contribution in [2.24, 2.45) is 11.1 Å². The minimum atomic E-state index is -0.0386. The molecule has 0 aliphatic heterocycles. The topological polar surface area (TPSA) is 78.9 Å². The van der Waals surface area contributed by atoms with E-state index in [1.165, 1.54) is 6.42 Å². The van der Waals surface area contributed by atoms with E-state index >= 15 is 0 Å². The molecule has 2 rings (SSSR count). The largest absolute Gasteiger partial charge is 0.330 e. The molecule has 0 bridgehead atoms. The van der Waals surface area contributed by atoms with Crippen LogP contribution in [0, 0.1) is 23.7 Å². The van der Waals surface area contributed by atoms with Gasteiger partial charge >= 0.3 is 0 Å². The Morgan fingerprint density at radius 2 is 2.10 bits per heavy atom. The van der Waals surface area contributed by atoms with E-state index in [9.17, 15) is 4.79 Å². The minimum Gasteiger partial charge on any atom is -0.330 e. The molecule has 0 saturated heterocycles. The zero-order valence-corrected chi connectivity index (χ0v) is 12.6. The van der Waals surface area contributed by atoms with Crippen LogP contribution in [0.25, 0.3) is 0 Å². The van der Waals surface area contributed by atoms with Gasteiger partial charge in [-0.3, -0.25) is 4.79 Å². The molecule has 3 N–H and O–H groups in total. The summed E-state index contributed by atoms with van der Waals surface area (Å²) in [7, 11) is 0. The fourth-order valence-corrected chi connectivity index (χ4v) is 3.12. The number of anilines is 1. The highest BCUT2D eigenvalue weighted by atomic mass is 16.1. The van der Waals surface area contributed by atoms with Gasteiger partial charge in [0.1, 0.15) is 0 Å². The molecule has 0 heterocycles. The molecule has 0 aromatic heterocycles. The van der Waals surface area contributed by atoms with Crippen molar-refractivity contribution in [1.82, 2.24) is 0 Å². The fraction of sp³-hybridized carbons (Fsp3) is 0.529. The van der Waals surface area contributed by atoms with Crippen molar-refractivity contribution in [1.29, 1.82) is 5.26 Å². The van der Waals surface area contributed by atoms with Crippen molar-refractivity contribution < 1.29 is 4.79 Å². The SMILES string of the molecule is Cc1ccc(C#N)cc1NC(=O)CC1(CN)CCCCC1. The number of amides is 1. The Hall–Kier alpha value is -1.86. The third-order valence-corrected chi connectivity index (χ3v) is 4.52. The maximum atomic E-state index is 12.3. The molecule has 1 aliphatic carbocycles. The van der Waals surface area contributed by atoms with Crippen LogP contribution in [0.1, 0.15) is 49.7 Å². The number of carbonyl (C=O) groups excluding carboxylic acids is 1. The number of aryl methyl sites for hydroxylation is 1. The normalized spacial score (nSPS) is 17.0. The van der Waals surface area contributed by atoms with Crippen molar-refractivity contribution in [2.75, 3.05) is 11.9 Å². The number of rotatable bonds is 4. The molecule has 1 aromatic rings. The molecule has 1 saturated carbocycles. The Labute approximate surface area is 126 Å². The van der Waals surface area contributed by atoms with Gasteiger partial charge in [-0.25, -0.2) is 0 Å². The summed E-state index contributed by atoms with van der Waals surface area (Å²) in [6.07, 6.45) is 6.11. The number of benzene rings is 1. The maximum absolute atomic E-state index is 12.3. The molecule has 4 heteroatoms. The predicted octanol–water partition coefficient (Wildman–Crippen LogP) is 3.10. The highest BCUT2D eigenvalue weighted by Gasteiger charge is 2.33. The first-order chi connectivity index (χ1) is 10.1. The second kappa shape index (κ2) is 6.73. The van der Waals surface area contributed by atoms with Gasteiger partial charge in [0.2, 0.25) is 5.91 Å². The number of nitrogens with zero attached hydrogens (tertiary/aromatic N) is 1. The third-order valence-electron chi connectivity index (χ3n) is 4.52. The zero-order chi connectivity index (χ0) is 15.3.